The van der Waals surface area contributed by atoms with Crippen molar-refractivity contribution in [1.82, 2.24) is 10.6 Å². The summed E-state index contributed by atoms with van der Waals surface area (Å²) in [6.45, 7) is 1.49. The number of unbranched alkanes of at least 4 members (excludes halogenated alkanes) is 2. The molecule has 178 valence electrons. The van der Waals surface area contributed by atoms with Crippen molar-refractivity contribution in [2.24, 2.45) is 5.73 Å². The molecule has 0 saturated carbocycles. The third-order valence-electron chi connectivity index (χ3n) is 4.81. The fourth-order valence-electron chi connectivity index (χ4n) is 3.09. The van der Waals surface area contributed by atoms with Gasteiger partial charge < -0.3 is 36.4 Å². The second-order valence-electron chi connectivity index (χ2n) is 7.45. The van der Waals surface area contributed by atoms with Gasteiger partial charge in [0.25, 0.3) is 0 Å². The highest BCUT2D eigenvalue weighted by Gasteiger charge is 2.35. The van der Waals surface area contributed by atoms with Crippen molar-refractivity contribution in [2.45, 2.75) is 81.6 Å². The Morgan fingerprint density at radius 3 is 2.55 bits per heavy atom. The molecule has 1 heterocycles. The smallest absolute Gasteiger partial charge is 0.322 e. The van der Waals surface area contributed by atoms with Crippen molar-refractivity contribution >= 4 is 35.5 Å². The van der Waals surface area contributed by atoms with Crippen molar-refractivity contribution in [3.05, 3.63) is 0 Å². The van der Waals surface area contributed by atoms with Gasteiger partial charge in [0, 0.05) is 23.8 Å². The van der Waals surface area contributed by atoms with Crippen LogP contribution >= 0.6 is 11.8 Å². The Bertz CT molecular complexity index is 621. The van der Waals surface area contributed by atoms with Gasteiger partial charge in [-0.2, -0.15) is 11.8 Å². The minimum Gasteiger partial charge on any atom is -0.480 e. The highest BCUT2D eigenvalue weighted by molar-refractivity contribution is 8.00. The summed E-state index contributed by atoms with van der Waals surface area (Å²) in [5.74, 6) is -3.52. The van der Waals surface area contributed by atoms with Crippen LogP contribution in [0.1, 0.15) is 51.9 Å². The lowest BCUT2D eigenvalue weighted by molar-refractivity contribution is -0.139. The molecule has 31 heavy (non-hydrogen) atoms. The lowest BCUT2D eigenvalue weighted by Gasteiger charge is -2.22. The number of aliphatic hydroxyl groups is 1. The highest BCUT2D eigenvalue weighted by Crippen LogP contribution is 2.33. The second kappa shape index (κ2) is 14.2. The number of rotatable bonds is 15. The number of amides is 2. The number of nitrogens with two attached hydrogens (primary N) is 1. The fourth-order valence-corrected chi connectivity index (χ4v) is 4.48. The topological polar surface area (TPSA) is 188 Å². The zero-order valence-corrected chi connectivity index (χ0v) is 18.4. The van der Waals surface area contributed by atoms with E-state index in [1.807, 2.05) is 0 Å². The first-order valence-electron chi connectivity index (χ1n) is 10.4. The Kier molecular flexibility index (Phi) is 12.5. The van der Waals surface area contributed by atoms with E-state index in [2.05, 4.69) is 17.6 Å². The molecule has 0 unspecified atom stereocenters. The molecular weight excluding hydrogens is 430 g/mol. The maximum absolute atomic E-state index is 12.4. The maximum atomic E-state index is 12.4. The summed E-state index contributed by atoms with van der Waals surface area (Å²) in [5.41, 5.74) is 5.39. The van der Waals surface area contributed by atoms with Crippen LogP contribution in [0.3, 0.4) is 0 Å². The van der Waals surface area contributed by atoms with Crippen LogP contribution in [0.5, 0.6) is 0 Å². The molecule has 11 nitrogen and oxygen atoms in total. The second-order valence-corrected chi connectivity index (χ2v) is 8.72. The Morgan fingerprint density at radius 2 is 1.94 bits per heavy atom. The van der Waals surface area contributed by atoms with Gasteiger partial charge in [-0.3, -0.25) is 19.2 Å². The average Bonchev–Trinajstić information content (AvgIpc) is 3.06. The third kappa shape index (κ3) is 10.8. The van der Waals surface area contributed by atoms with Crippen LogP contribution in [0, 0.1) is 0 Å². The number of aliphatic hydroxyl groups excluding tert-OH is 1. The molecule has 0 aromatic heterocycles. The van der Waals surface area contributed by atoms with Gasteiger partial charge in [0.1, 0.15) is 18.6 Å². The molecule has 1 fully saturated rings. The number of carboxylic acid groups (broad SMARTS) is 2. The van der Waals surface area contributed by atoms with Gasteiger partial charge in [-0.1, -0.05) is 26.2 Å². The summed E-state index contributed by atoms with van der Waals surface area (Å²) >= 11 is 1.37. The van der Waals surface area contributed by atoms with Crippen LogP contribution < -0.4 is 16.4 Å². The van der Waals surface area contributed by atoms with E-state index in [1.165, 1.54) is 11.8 Å². The molecular formula is C19H33N3O8S. The summed E-state index contributed by atoms with van der Waals surface area (Å²) in [5, 5.41) is 32.1. The monoisotopic (exact) mass is 463 g/mol. The highest BCUT2D eigenvalue weighted by atomic mass is 32.2. The van der Waals surface area contributed by atoms with Crippen molar-refractivity contribution in [3.8, 4) is 0 Å². The Hall–Kier alpha value is -1.89. The normalized spacial score (nSPS) is 22.5. The number of aliphatic carboxylic acids is 2. The molecule has 1 rings (SSSR count). The SMILES string of the molecule is CCCCC[C@@H]1O[C@H](O)C[C@H]1SC[C@@H](NC(=O)CC[C@H](N)C(=O)O)C(=O)NCC(=O)O. The lowest BCUT2D eigenvalue weighted by Crippen LogP contribution is -2.50. The predicted molar refractivity (Wildman–Crippen MR) is 113 cm³/mol. The number of hydrogen-bond acceptors (Lipinski definition) is 8. The molecule has 1 aliphatic rings. The molecule has 5 atom stereocenters. The minimum absolute atomic E-state index is 0.0704. The quantitative estimate of drug-likeness (QED) is 0.175. The van der Waals surface area contributed by atoms with Crippen molar-refractivity contribution in [3.63, 3.8) is 0 Å². The number of ether oxygens (including phenoxy) is 1. The fraction of sp³-hybridized carbons (Fsp3) is 0.789. The van der Waals surface area contributed by atoms with Crippen LogP contribution in [0.4, 0.5) is 0 Å². The van der Waals surface area contributed by atoms with E-state index in [4.69, 9.17) is 20.7 Å². The standard InChI is InChI=1S/C19H33N3O8S/c1-2-3-4-5-13-14(8-17(26)30-13)31-10-12(18(27)21-9-16(24)25)22-15(23)7-6-11(20)19(28)29/h11-14,17,26H,2-10,20H2,1H3,(H,21,27)(H,22,23)(H,24,25)(H,28,29)/t11-,12+,13-,14+,17-/m0/s1. The van der Waals surface area contributed by atoms with E-state index >= 15 is 0 Å². The van der Waals surface area contributed by atoms with E-state index in [9.17, 15) is 24.3 Å². The molecule has 0 aromatic rings. The molecule has 2 amide bonds. The first-order valence-corrected chi connectivity index (χ1v) is 11.4. The minimum atomic E-state index is -1.23. The third-order valence-corrected chi connectivity index (χ3v) is 6.26. The first kappa shape index (κ1) is 27.1. The summed E-state index contributed by atoms with van der Waals surface area (Å²) in [4.78, 5) is 46.1. The van der Waals surface area contributed by atoms with Gasteiger partial charge in [-0.25, -0.2) is 0 Å². The first-order chi connectivity index (χ1) is 14.6. The number of hydrogen-bond donors (Lipinski definition) is 6. The van der Waals surface area contributed by atoms with Crippen molar-refractivity contribution < 1.29 is 39.2 Å². The molecule has 0 bridgehead atoms. The van der Waals surface area contributed by atoms with Crippen LogP contribution in [-0.4, -0.2) is 81.1 Å². The molecule has 1 aliphatic heterocycles. The van der Waals surface area contributed by atoms with Crippen molar-refractivity contribution in [2.75, 3.05) is 12.3 Å². The van der Waals surface area contributed by atoms with Gasteiger partial charge in [0.15, 0.2) is 6.29 Å². The Balaban J connectivity index is 2.67. The number of carbonyl (C=O) groups excluding carboxylic acids is 2. The molecule has 0 aliphatic carbocycles. The predicted octanol–water partition coefficient (Wildman–Crippen LogP) is -0.346. The van der Waals surface area contributed by atoms with E-state index < -0.39 is 48.7 Å². The Morgan fingerprint density at radius 1 is 1.23 bits per heavy atom. The summed E-state index contributed by atoms with van der Waals surface area (Å²) in [6.07, 6.45) is 2.89. The lowest BCUT2D eigenvalue weighted by atomic mass is 10.1. The van der Waals surface area contributed by atoms with E-state index in [0.717, 1.165) is 25.7 Å². The van der Waals surface area contributed by atoms with E-state index in [0.29, 0.717) is 6.42 Å². The van der Waals surface area contributed by atoms with Crippen LogP contribution in [0.2, 0.25) is 0 Å². The van der Waals surface area contributed by atoms with Gasteiger partial charge in [-0.15, -0.1) is 0 Å². The molecule has 0 aromatic carbocycles. The van der Waals surface area contributed by atoms with Gasteiger partial charge >= 0.3 is 11.9 Å². The summed E-state index contributed by atoms with van der Waals surface area (Å²) in [7, 11) is 0. The number of carbonyl (C=O) groups is 4. The zero-order chi connectivity index (χ0) is 23.4. The van der Waals surface area contributed by atoms with Crippen LogP contribution in [-0.2, 0) is 23.9 Å². The molecule has 1 saturated heterocycles. The van der Waals surface area contributed by atoms with Gasteiger partial charge in [0.05, 0.1) is 6.10 Å². The van der Waals surface area contributed by atoms with Crippen LogP contribution in [0.25, 0.3) is 0 Å². The maximum Gasteiger partial charge on any atom is 0.322 e. The summed E-state index contributed by atoms with van der Waals surface area (Å²) < 4.78 is 5.56. The molecule has 7 N–H and O–H groups in total. The molecule has 0 radical (unpaired) electrons. The summed E-state index contributed by atoms with van der Waals surface area (Å²) in [6, 6.07) is -2.22. The van der Waals surface area contributed by atoms with Gasteiger partial charge in [0.2, 0.25) is 11.8 Å². The zero-order valence-electron chi connectivity index (χ0n) is 17.6. The average molecular weight is 464 g/mol. The number of thioether (sulfide) groups is 1. The Labute approximate surface area is 185 Å². The largest absolute Gasteiger partial charge is 0.480 e. The molecule has 0 spiro atoms. The molecule has 12 heteroatoms. The van der Waals surface area contributed by atoms with E-state index in [1.54, 1.807) is 0 Å². The number of nitrogens with one attached hydrogen (secondary N) is 2. The van der Waals surface area contributed by atoms with Crippen molar-refractivity contribution in [1.29, 1.82) is 0 Å². The van der Waals surface area contributed by atoms with Gasteiger partial charge in [-0.05, 0) is 12.8 Å². The number of carboxylic acids is 2. The van der Waals surface area contributed by atoms with Crippen LogP contribution in [0.15, 0.2) is 0 Å². The van der Waals surface area contributed by atoms with E-state index in [-0.39, 0.29) is 29.9 Å².